The normalized spacial score (nSPS) is 10.1. The molecule has 0 aliphatic rings. The summed E-state index contributed by atoms with van der Waals surface area (Å²) >= 11 is 0. The number of carboxylic acids is 1. The molecule has 4 heteroatoms. The number of unbranched alkanes of at least 4 members (excludes halogenated alkanes) is 2. The van der Waals surface area contributed by atoms with Crippen LogP contribution in [0.5, 0.6) is 5.75 Å². The van der Waals surface area contributed by atoms with Crippen LogP contribution in [0.25, 0.3) is 0 Å². The molecule has 0 aliphatic carbocycles. The van der Waals surface area contributed by atoms with Crippen LogP contribution < -0.4 is 9.64 Å². The average molecular weight is 251 g/mol. The number of ether oxygens (including phenoxy) is 1. The molecule has 1 aromatic rings. The van der Waals surface area contributed by atoms with E-state index in [2.05, 4.69) is 4.90 Å². The second-order valence-electron chi connectivity index (χ2n) is 4.33. The number of aliphatic carboxylic acids is 1. The lowest BCUT2D eigenvalue weighted by Crippen LogP contribution is -2.18. The zero-order valence-corrected chi connectivity index (χ0v) is 11.1. The van der Waals surface area contributed by atoms with Crippen LogP contribution in [0.2, 0.25) is 0 Å². The fourth-order valence-corrected chi connectivity index (χ4v) is 1.78. The SMILES string of the molecule is COc1cccc(N(C)CCCCCC(=O)O)c1. The van der Waals surface area contributed by atoms with Gasteiger partial charge < -0.3 is 14.7 Å². The summed E-state index contributed by atoms with van der Waals surface area (Å²) in [6.07, 6.45) is 2.96. The molecule has 0 bridgehead atoms. The van der Waals surface area contributed by atoms with Gasteiger partial charge in [-0.3, -0.25) is 4.79 Å². The Morgan fingerprint density at radius 1 is 1.33 bits per heavy atom. The molecule has 4 nitrogen and oxygen atoms in total. The second kappa shape index (κ2) is 7.58. The van der Waals surface area contributed by atoms with Gasteiger partial charge in [-0.2, -0.15) is 0 Å². The summed E-state index contributed by atoms with van der Waals surface area (Å²) in [6, 6.07) is 7.93. The maximum absolute atomic E-state index is 10.4. The molecular formula is C14H21NO3. The van der Waals surface area contributed by atoms with Crippen LogP contribution in [0.1, 0.15) is 25.7 Å². The van der Waals surface area contributed by atoms with Crippen molar-refractivity contribution < 1.29 is 14.6 Å². The van der Waals surface area contributed by atoms with Crippen molar-refractivity contribution in [1.29, 1.82) is 0 Å². The van der Waals surface area contributed by atoms with Crippen molar-refractivity contribution >= 4 is 11.7 Å². The summed E-state index contributed by atoms with van der Waals surface area (Å²) in [4.78, 5) is 12.5. The Balaban J connectivity index is 2.31. The minimum Gasteiger partial charge on any atom is -0.497 e. The number of carboxylic acid groups (broad SMARTS) is 1. The zero-order chi connectivity index (χ0) is 13.4. The number of hydrogen-bond donors (Lipinski definition) is 1. The Morgan fingerprint density at radius 2 is 2.11 bits per heavy atom. The van der Waals surface area contributed by atoms with E-state index in [1.165, 1.54) is 0 Å². The van der Waals surface area contributed by atoms with Crippen molar-refractivity contribution in [3.63, 3.8) is 0 Å². The van der Waals surface area contributed by atoms with Gasteiger partial charge in [-0.05, 0) is 25.0 Å². The third kappa shape index (κ3) is 5.08. The van der Waals surface area contributed by atoms with E-state index in [0.29, 0.717) is 0 Å². The highest BCUT2D eigenvalue weighted by Gasteiger charge is 2.02. The van der Waals surface area contributed by atoms with Crippen LogP contribution in [0.3, 0.4) is 0 Å². The molecule has 1 N–H and O–H groups in total. The summed E-state index contributed by atoms with van der Waals surface area (Å²) in [5.41, 5.74) is 1.12. The largest absolute Gasteiger partial charge is 0.497 e. The Kier molecular flexibility index (Phi) is 6.05. The standard InChI is InChI=1S/C14H21NO3/c1-15(10-5-3-4-9-14(16)17)12-7-6-8-13(11-12)18-2/h6-8,11H,3-5,9-10H2,1-2H3,(H,16,17). The first kappa shape index (κ1) is 14.4. The van der Waals surface area contributed by atoms with Gasteiger partial charge in [0, 0.05) is 31.8 Å². The summed E-state index contributed by atoms with van der Waals surface area (Å²) in [7, 11) is 3.69. The fraction of sp³-hybridized carbons (Fsp3) is 0.500. The molecule has 0 fully saturated rings. The van der Waals surface area contributed by atoms with Crippen LogP contribution in [0.15, 0.2) is 24.3 Å². The quantitative estimate of drug-likeness (QED) is 0.722. The Labute approximate surface area is 108 Å². The summed E-state index contributed by atoms with van der Waals surface area (Å²) in [5, 5.41) is 8.53. The first-order chi connectivity index (χ1) is 8.63. The number of carbonyl (C=O) groups is 1. The molecule has 0 aliphatic heterocycles. The first-order valence-corrected chi connectivity index (χ1v) is 6.20. The number of anilines is 1. The lowest BCUT2D eigenvalue weighted by molar-refractivity contribution is -0.137. The van der Waals surface area contributed by atoms with E-state index in [1.807, 2.05) is 31.3 Å². The van der Waals surface area contributed by atoms with Gasteiger partial charge in [-0.1, -0.05) is 12.5 Å². The maximum Gasteiger partial charge on any atom is 0.303 e. The van der Waals surface area contributed by atoms with E-state index in [1.54, 1.807) is 7.11 Å². The highest BCUT2D eigenvalue weighted by Crippen LogP contribution is 2.20. The molecule has 0 aromatic heterocycles. The number of rotatable bonds is 8. The van der Waals surface area contributed by atoms with Crippen LogP contribution >= 0.6 is 0 Å². The Bertz CT molecular complexity index is 379. The van der Waals surface area contributed by atoms with Crippen LogP contribution in [-0.2, 0) is 4.79 Å². The molecule has 1 aromatic carbocycles. The molecule has 0 amide bonds. The minimum absolute atomic E-state index is 0.267. The smallest absolute Gasteiger partial charge is 0.303 e. The van der Waals surface area contributed by atoms with Crippen LogP contribution in [0.4, 0.5) is 5.69 Å². The van der Waals surface area contributed by atoms with Gasteiger partial charge in [-0.25, -0.2) is 0 Å². The topological polar surface area (TPSA) is 49.8 Å². The summed E-state index contributed by atoms with van der Waals surface area (Å²) in [6.45, 7) is 0.923. The zero-order valence-electron chi connectivity index (χ0n) is 11.1. The van der Waals surface area contributed by atoms with Crippen molar-refractivity contribution in [1.82, 2.24) is 0 Å². The van der Waals surface area contributed by atoms with Gasteiger partial charge in [0.15, 0.2) is 0 Å². The van der Waals surface area contributed by atoms with Gasteiger partial charge in [0.25, 0.3) is 0 Å². The number of nitrogens with zero attached hydrogens (tertiary/aromatic N) is 1. The van der Waals surface area contributed by atoms with Crippen molar-refractivity contribution in [2.75, 3.05) is 25.6 Å². The number of benzene rings is 1. The highest BCUT2D eigenvalue weighted by atomic mass is 16.5. The van der Waals surface area contributed by atoms with E-state index in [-0.39, 0.29) is 6.42 Å². The van der Waals surface area contributed by atoms with Gasteiger partial charge >= 0.3 is 5.97 Å². The molecule has 1 rings (SSSR count). The van der Waals surface area contributed by atoms with Crippen molar-refractivity contribution in [2.45, 2.75) is 25.7 Å². The van der Waals surface area contributed by atoms with Gasteiger partial charge in [0.2, 0.25) is 0 Å². The van der Waals surface area contributed by atoms with Gasteiger partial charge in [-0.15, -0.1) is 0 Å². The molecule has 18 heavy (non-hydrogen) atoms. The van der Waals surface area contributed by atoms with E-state index in [9.17, 15) is 4.79 Å². The third-order valence-corrected chi connectivity index (χ3v) is 2.88. The average Bonchev–Trinajstić information content (AvgIpc) is 2.37. The maximum atomic E-state index is 10.4. The second-order valence-corrected chi connectivity index (χ2v) is 4.33. The molecule has 100 valence electrons. The minimum atomic E-state index is -0.712. The summed E-state index contributed by atoms with van der Waals surface area (Å²) < 4.78 is 5.18. The van der Waals surface area contributed by atoms with Gasteiger partial charge in [0.1, 0.15) is 5.75 Å². The van der Waals surface area contributed by atoms with Crippen LogP contribution in [-0.4, -0.2) is 31.8 Å². The van der Waals surface area contributed by atoms with Crippen molar-refractivity contribution in [3.8, 4) is 5.75 Å². The molecule has 0 spiro atoms. The number of methoxy groups -OCH3 is 1. The third-order valence-electron chi connectivity index (χ3n) is 2.88. The first-order valence-electron chi connectivity index (χ1n) is 6.20. The van der Waals surface area contributed by atoms with Crippen molar-refractivity contribution in [3.05, 3.63) is 24.3 Å². The number of hydrogen-bond acceptors (Lipinski definition) is 3. The molecule has 0 saturated heterocycles. The summed E-state index contributed by atoms with van der Waals surface area (Å²) in [5.74, 6) is 0.140. The van der Waals surface area contributed by atoms with E-state index < -0.39 is 5.97 Å². The fourth-order valence-electron chi connectivity index (χ4n) is 1.78. The molecule has 0 unspecified atom stereocenters. The Morgan fingerprint density at radius 3 is 2.78 bits per heavy atom. The van der Waals surface area contributed by atoms with Gasteiger partial charge in [0.05, 0.1) is 7.11 Å². The van der Waals surface area contributed by atoms with Crippen LogP contribution in [0, 0.1) is 0 Å². The molecule has 0 radical (unpaired) electrons. The predicted octanol–water partition coefficient (Wildman–Crippen LogP) is 2.78. The lowest BCUT2D eigenvalue weighted by Gasteiger charge is -2.19. The van der Waals surface area contributed by atoms with E-state index >= 15 is 0 Å². The lowest BCUT2D eigenvalue weighted by atomic mass is 10.2. The molecule has 0 heterocycles. The molecule has 0 saturated carbocycles. The molecular weight excluding hydrogens is 230 g/mol. The van der Waals surface area contributed by atoms with E-state index in [0.717, 1.165) is 37.2 Å². The molecule has 0 atom stereocenters. The highest BCUT2D eigenvalue weighted by molar-refractivity contribution is 5.66. The van der Waals surface area contributed by atoms with Crippen molar-refractivity contribution in [2.24, 2.45) is 0 Å². The Hall–Kier alpha value is -1.71. The predicted molar refractivity (Wildman–Crippen MR) is 72.4 cm³/mol. The van der Waals surface area contributed by atoms with E-state index in [4.69, 9.17) is 9.84 Å². The monoisotopic (exact) mass is 251 g/mol.